The molecule has 1 saturated heterocycles. The maximum atomic E-state index is 13.6. The molecule has 0 bridgehead atoms. The van der Waals surface area contributed by atoms with Crippen LogP contribution >= 0.6 is 24.0 Å². The Kier molecular flexibility index (Phi) is 5.67. The largest absolute Gasteiger partial charge is 0.316 e. The summed E-state index contributed by atoms with van der Waals surface area (Å²) >= 11 is 5.72. The van der Waals surface area contributed by atoms with Gasteiger partial charge in [-0.15, -0.1) is 12.4 Å². The highest BCUT2D eigenvalue weighted by atomic mass is 35.5. The Hall–Kier alpha value is -0.350. The van der Waals surface area contributed by atoms with E-state index in [0.29, 0.717) is 17.6 Å². The van der Waals surface area contributed by atoms with Crippen LogP contribution in [0.3, 0.4) is 0 Å². The number of nitrogens with one attached hydrogen (secondary N) is 1. The Morgan fingerprint density at radius 2 is 2.29 bits per heavy atom. The van der Waals surface area contributed by atoms with Crippen LogP contribution in [0.2, 0.25) is 5.02 Å². The summed E-state index contributed by atoms with van der Waals surface area (Å²) in [7, 11) is 1.97. The molecule has 17 heavy (non-hydrogen) atoms. The molecular formula is C12H17Cl2FN2. The molecule has 0 radical (unpaired) electrons. The van der Waals surface area contributed by atoms with E-state index in [4.69, 9.17) is 11.6 Å². The van der Waals surface area contributed by atoms with Crippen LogP contribution in [0.4, 0.5) is 4.39 Å². The summed E-state index contributed by atoms with van der Waals surface area (Å²) in [5, 5.41) is 3.70. The lowest BCUT2D eigenvalue weighted by molar-refractivity contribution is 0.317. The van der Waals surface area contributed by atoms with Gasteiger partial charge in [-0.05, 0) is 25.6 Å². The molecule has 2 rings (SSSR count). The molecule has 96 valence electrons. The van der Waals surface area contributed by atoms with Crippen LogP contribution in [0.15, 0.2) is 18.2 Å². The molecule has 1 atom stereocenters. The van der Waals surface area contributed by atoms with Gasteiger partial charge in [-0.3, -0.25) is 4.90 Å². The Bertz CT molecular complexity index is 374. The van der Waals surface area contributed by atoms with Gasteiger partial charge in [-0.1, -0.05) is 17.7 Å². The van der Waals surface area contributed by atoms with Crippen molar-refractivity contribution in [2.45, 2.75) is 19.0 Å². The topological polar surface area (TPSA) is 15.3 Å². The standard InChI is InChI=1S/C12H16ClFN2.ClH/c1-15-11-4-5-16(8-11)7-9-2-3-10(13)6-12(9)14;/h2-3,6,11,15H,4-5,7-8H2,1H3;1H. The van der Waals surface area contributed by atoms with E-state index in [0.717, 1.165) is 25.1 Å². The number of hydrogen-bond donors (Lipinski definition) is 1. The second-order valence-electron chi connectivity index (χ2n) is 4.25. The van der Waals surface area contributed by atoms with Crippen LogP contribution in [0, 0.1) is 5.82 Å². The van der Waals surface area contributed by atoms with Crippen LogP contribution in [0.25, 0.3) is 0 Å². The molecular weight excluding hydrogens is 262 g/mol. The molecule has 1 N–H and O–H groups in total. The first-order chi connectivity index (χ1) is 7.69. The highest BCUT2D eigenvalue weighted by Gasteiger charge is 2.21. The van der Waals surface area contributed by atoms with Crippen molar-refractivity contribution in [2.75, 3.05) is 20.1 Å². The van der Waals surface area contributed by atoms with E-state index in [1.807, 2.05) is 7.05 Å². The van der Waals surface area contributed by atoms with Crippen molar-refractivity contribution in [3.8, 4) is 0 Å². The van der Waals surface area contributed by atoms with Crippen LogP contribution in [0.5, 0.6) is 0 Å². The zero-order valence-corrected chi connectivity index (χ0v) is 11.3. The molecule has 1 unspecified atom stereocenters. The lowest BCUT2D eigenvalue weighted by Crippen LogP contribution is -2.29. The van der Waals surface area contributed by atoms with E-state index in [9.17, 15) is 4.39 Å². The molecule has 1 aromatic rings. The summed E-state index contributed by atoms with van der Waals surface area (Å²) in [4.78, 5) is 2.26. The van der Waals surface area contributed by atoms with Crippen LogP contribution < -0.4 is 5.32 Å². The average molecular weight is 279 g/mol. The number of likely N-dealkylation sites (tertiary alicyclic amines) is 1. The zero-order valence-electron chi connectivity index (χ0n) is 9.75. The fraction of sp³-hybridized carbons (Fsp3) is 0.500. The van der Waals surface area contributed by atoms with Gasteiger partial charge >= 0.3 is 0 Å². The highest BCUT2D eigenvalue weighted by Crippen LogP contribution is 2.18. The molecule has 1 fully saturated rings. The molecule has 5 heteroatoms. The van der Waals surface area contributed by atoms with E-state index in [-0.39, 0.29) is 18.2 Å². The Morgan fingerprint density at radius 3 is 2.88 bits per heavy atom. The van der Waals surface area contributed by atoms with E-state index < -0.39 is 0 Å². The molecule has 0 saturated carbocycles. The summed E-state index contributed by atoms with van der Waals surface area (Å²) in [5.74, 6) is -0.208. The second kappa shape index (κ2) is 6.55. The Morgan fingerprint density at radius 1 is 1.53 bits per heavy atom. The third-order valence-corrected chi connectivity index (χ3v) is 3.32. The number of nitrogens with zero attached hydrogens (tertiary/aromatic N) is 1. The van der Waals surface area contributed by atoms with Crippen molar-refractivity contribution in [1.29, 1.82) is 0 Å². The quantitative estimate of drug-likeness (QED) is 0.915. The van der Waals surface area contributed by atoms with Gasteiger partial charge in [0.15, 0.2) is 0 Å². The molecule has 0 aromatic heterocycles. The van der Waals surface area contributed by atoms with Crippen LogP contribution in [-0.4, -0.2) is 31.1 Å². The molecule has 0 spiro atoms. The van der Waals surface area contributed by atoms with Gasteiger partial charge in [-0.25, -0.2) is 4.39 Å². The number of likely N-dealkylation sites (N-methyl/N-ethyl adjacent to an activating group) is 1. The molecule has 1 heterocycles. The highest BCUT2D eigenvalue weighted by molar-refractivity contribution is 6.30. The summed E-state index contributed by atoms with van der Waals surface area (Å²) in [6.45, 7) is 2.67. The Labute approximate surface area is 113 Å². The first-order valence-corrected chi connectivity index (χ1v) is 5.90. The van der Waals surface area contributed by atoms with E-state index in [2.05, 4.69) is 10.2 Å². The molecule has 0 amide bonds. The number of rotatable bonds is 3. The van der Waals surface area contributed by atoms with Gasteiger partial charge in [0.05, 0.1) is 0 Å². The van der Waals surface area contributed by atoms with Crippen LogP contribution in [-0.2, 0) is 6.54 Å². The second-order valence-corrected chi connectivity index (χ2v) is 4.68. The maximum absolute atomic E-state index is 13.6. The summed E-state index contributed by atoms with van der Waals surface area (Å²) in [6, 6.07) is 5.42. The van der Waals surface area contributed by atoms with Gasteiger partial charge < -0.3 is 5.32 Å². The fourth-order valence-corrected chi connectivity index (χ4v) is 2.26. The third kappa shape index (κ3) is 3.81. The monoisotopic (exact) mass is 278 g/mol. The normalized spacial score (nSPS) is 20.3. The fourth-order valence-electron chi connectivity index (χ4n) is 2.10. The van der Waals surface area contributed by atoms with Crippen molar-refractivity contribution in [1.82, 2.24) is 10.2 Å². The summed E-state index contributed by atoms with van der Waals surface area (Å²) < 4.78 is 13.6. The molecule has 1 aliphatic heterocycles. The minimum absolute atomic E-state index is 0. The number of halogens is 3. The van der Waals surface area contributed by atoms with Crippen molar-refractivity contribution in [3.63, 3.8) is 0 Å². The summed E-state index contributed by atoms with van der Waals surface area (Å²) in [6.07, 6.45) is 1.13. The summed E-state index contributed by atoms with van der Waals surface area (Å²) in [5.41, 5.74) is 0.723. The van der Waals surface area contributed by atoms with Gasteiger partial charge in [0, 0.05) is 36.3 Å². The molecule has 0 aliphatic carbocycles. The van der Waals surface area contributed by atoms with Crippen molar-refractivity contribution in [3.05, 3.63) is 34.6 Å². The lowest BCUT2D eigenvalue weighted by atomic mass is 10.2. The van der Waals surface area contributed by atoms with Gasteiger partial charge in [-0.2, -0.15) is 0 Å². The zero-order chi connectivity index (χ0) is 11.5. The van der Waals surface area contributed by atoms with Gasteiger partial charge in [0.25, 0.3) is 0 Å². The minimum Gasteiger partial charge on any atom is -0.316 e. The molecule has 1 aliphatic rings. The van der Waals surface area contributed by atoms with E-state index >= 15 is 0 Å². The van der Waals surface area contributed by atoms with Crippen molar-refractivity contribution < 1.29 is 4.39 Å². The predicted octanol–water partition coefficient (Wildman–Crippen LogP) is 2.69. The molecule has 2 nitrogen and oxygen atoms in total. The third-order valence-electron chi connectivity index (χ3n) is 3.09. The minimum atomic E-state index is -0.208. The number of benzene rings is 1. The van der Waals surface area contributed by atoms with Crippen molar-refractivity contribution in [2.24, 2.45) is 0 Å². The SMILES string of the molecule is CNC1CCN(Cc2ccc(Cl)cc2F)C1.Cl. The first kappa shape index (κ1) is 14.7. The molecule has 1 aromatic carbocycles. The van der Waals surface area contributed by atoms with Crippen LogP contribution in [0.1, 0.15) is 12.0 Å². The van der Waals surface area contributed by atoms with E-state index in [1.54, 1.807) is 12.1 Å². The van der Waals surface area contributed by atoms with E-state index in [1.165, 1.54) is 6.07 Å². The van der Waals surface area contributed by atoms with Gasteiger partial charge in [0.2, 0.25) is 0 Å². The lowest BCUT2D eigenvalue weighted by Gasteiger charge is -2.16. The van der Waals surface area contributed by atoms with Crippen molar-refractivity contribution >= 4 is 24.0 Å². The first-order valence-electron chi connectivity index (χ1n) is 5.52. The average Bonchev–Trinajstić information content (AvgIpc) is 2.70. The smallest absolute Gasteiger partial charge is 0.129 e. The Balaban J connectivity index is 0.00000144. The maximum Gasteiger partial charge on any atom is 0.129 e. The predicted molar refractivity (Wildman–Crippen MR) is 71.4 cm³/mol. The van der Waals surface area contributed by atoms with Gasteiger partial charge in [0.1, 0.15) is 5.82 Å². The number of hydrogen-bond acceptors (Lipinski definition) is 2.